The zero-order valence-corrected chi connectivity index (χ0v) is 11.8. The van der Waals surface area contributed by atoms with E-state index in [1.807, 2.05) is 0 Å². The van der Waals surface area contributed by atoms with Crippen molar-refractivity contribution in [1.82, 2.24) is 0 Å². The van der Waals surface area contributed by atoms with Crippen LogP contribution in [0, 0.1) is 17.3 Å². The van der Waals surface area contributed by atoms with Crippen LogP contribution in [-0.2, 0) is 0 Å². The molecule has 0 amide bonds. The minimum Gasteiger partial charge on any atom is -0.327 e. The van der Waals surface area contributed by atoms with Crippen molar-refractivity contribution in [3.63, 3.8) is 0 Å². The van der Waals surface area contributed by atoms with Crippen molar-refractivity contribution in [3.05, 3.63) is 0 Å². The second-order valence-corrected chi connectivity index (χ2v) is 6.99. The molecule has 1 fully saturated rings. The maximum Gasteiger partial charge on any atom is 0.00673 e. The van der Waals surface area contributed by atoms with Crippen LogP contribution in [0.25, 0.3) is 0 Å². The van der Waals surface area contributed by atoms with Crippen molar-refractivity contribution in [2.24, 2.45) is 23.0 Å². The minimum atomic E-state index is 0.470. The van der Waals surface area contributed by atoms with Gasteiger partial charge in [0, 0.05) is 6.04 Å². The fourth-order valence-corrected chi connectivity index (χ4v) is 3.01. The number of hydrogen-bond acceptors (Lipinski definition) is 1. The van der Waals surface area contributed by atoms with Crippen molar-refractivity contribution in [3.8, 4) is 0 Å². The minimum absolute atomic E-state index is 0.470. The molecule has 1 aliphatic rings. The van der Waals surface area contributed by atoms with Gasteiger partial charge >= 0.3 is 0 Å². The van der Waals surface area contributed by atoms with Gasteiger partial charge in [-0.2, -0.15) is 0 Å². The van der Waals surface area contributed by atoms with Gasteiger partial charge in [-0.1, -0.05) is 40.5 Å². The highest BCUT2D eigenvalue weighted by molar-refractivity contribution is 4.83. The van der Waals surface area contributed by atoms with Gasteiger partial charge in [-0.25, -0.2) is 0 Å². The highest BCUT2D eigenvalue weighted by Gasteiger charge is 2.28. The van der Waals surface area contributed by atoms with Crippen LogP contribution < -0.4 is 5.73 Å². The standard InChI is InChI=1S/C15H31N/c1-5-6-12-7-8-14(16)13(11-12)9-10-15(2,3)4/h12-14H,5-11,16H2,1-4H3. The molecule has 1 saturated carbocycles. The molecule has 1 heteroatoms. The van der Waals surface area contributed by atoms with E-state index in [1.165, 1.54) is 44.9 Å². The molecule has 1 aliphatic carbocycles. The molecule has 3 unspecified atom stereocenters. The van der Waals surface area contributed by atoms with E-state index in [9.17, 15) is 0 Å². The maximum atomic E-state index is 6.27. The summed E-state index contributed by atoms with van der Waals surface area (Å²) in [6.07, 6.45) is 9.45. The summed E-state index contributed by atoms with van der Waals surface area (Å²) in [7, 11) is 0. The van der Waals surface area contributed by atoms with E-state index < -0.39 is 0 Å². The van der Waals surface area contributed by atoms with Gasteiger partial charge in [-0.3, -0.25) is 0 Å². The van der Waals surface area contributed by atoms with Crippen LogP contribution in [0.5, 0.6) is 0 Å². The van der Waals surface area contributed by atoms with E-state index in [0.29, 0.717) is 11.5 Å². The van der Waals surface area contributed by atoms with Crippen molar-refractivity contribution in [2.45, 2.75) is 78.7 Å². The topological polar surface area (TPSA) is 26.0 Å². The van der Waals surface area contributed by atoms with Gasteiger partial charge in [0.25, 0.3) is 0 Å². The van der Waals surface area contributed by atoms with Crippen LogP contribution in [0.4, 0.5) is 0 Å². The third kappa shape index (κ3) is 4.86. The van der Waals surface area contributed by atoms with Gasteiger partial charge in [0.15, 0.2) is 0 Å². The molecule has 3 atom stereocenters. The first-order chi connectivity index (χ1) is 7.42. The van der Waals surface area contributed by atoms with Gasteiger partial charge in [-0.15, -0.1) is 0 Å². The average Bonchev–Trinajstić information content (AvgIpc) is 2.18. The van der Waals surface area contributed by atoms with Crippen molar-refractivity contribution < 1.29 is 0 Å². The van der Waals surface area contributed by atoms with Gasteiger partial charge in [-0.05, 0) is 49.4 Å². The van der Waals surface area contributed by atoms with Crippen molar-refractivity contribution in [2.75, 3.05) is 0 Å². The first-order valence-electron chi connectivity index (χ1n) is 7.18. The lowest BCUT2D eigenvalue weighted by Crippen LogP contribution is -2.36. The van der Waals surface area contributed by atoms with E-state index >= 15 is 0 Å². The molecule has 0 aromatic carbocycles. The third-order valence-corrected chi connectivity index (χ3v) is 4.11. The lowest BCUT2D eigenvalue weighted by Gasteiger charge is -2.35. The molecule has 96 valence electrons. The fraction of sp³-hybridized carbons (Fsp3) is 1.00. The largest absolute Gasteiger partial charge is 0.327 e. The second kappa shape index (κ2) is 6.05. The predicted molar refractivity (Wildman–Crippen MR) is 72.4 cm³/mol. The summed E-state index contributed by atoms with van der Waals surface area (Å²) in [5, 5.41) is 0. The Kier molecular flexibility index (Phi) is 5.30. The molecular formula is C15H31N. The summed E-state index contributed by atoms with van der Waals surface area (Å²) >= 11 is 0. The molecule has 0 saturated heterocycles. The Morgan fingerprint density at radius 3 is 2.38 bits per heavy atom. The number of rotatable bonds is 4. The van der Waals surface area contributed by atoms with Crippen molar-refractivity contribution >= 4 is 0 Å². The van der Waals surface area contributed by atoms with Crippen LogP contribution >= 0.6 is 0 Å². The monoisotopic (exact) mass is 225 g/mol. The molecule has 0 bridgehead atoms. The molecule has 2 N–H and O–H groups in total. The van der Waals surface area contributed by atoms with Crippen LogP contribution in [0.15, 0.2) is 0 Å². The zero-order chi connectivity index (χ0) is 12.2. The molecule has 0 aliphatic heterocycles. The van der Waals surface area contributed by atoms with Crippen LogP contribution in [0.1, 0.15) is 72.6 Å². The molecule has 0 spiro atoms. The summed E-state index contributed by atoms with van der Waals surface area (Å²) in [6.45, 7) is 9.32. The van der Waals surface area contributed by atoms with Gasteiger partial charge < -0.3 is 5.73 Å². The third-order valence-electron chi connectivity index (χ3n) is 4.11. The van der Waals surface area contributed by atoms with E-state index in [4.69, 9.17) is 5.73 Å². The smallest absolute Gasteiger partial charge is 0.00673 e. The Hall–Kier alpha value is -0.0400. The van der Waals surface area contributed by atoms with Gasteiger partial charge in [0.05, 0.1) is 0 Å². The second-order valence-electron chi connectivity index (χ2n) is 6.99. The normalized spacial score (nSPS) is 31.7. The molecule has 1 rings (SSSR count). The van der Waals surface area contributed by atoms with Gasteiger partial charge in [0.1, 0.15) is 0 Å². The van der Waals surface area contributed by atoms with E-state index in [-0.39, 0.29) is 0 Å². The Bertz CT molecular complexity index is 192. The first kappa shape index (κ1) is 14.0. The molecule has 0 aromatic rings. The van der Waals surface area contributed by atoms with Crippen LogP contribution in [0.3, 0.4) is 0 Å². The van der Waals surface area contributed by atoms with Crippen LogP contribution in [-0.4, -0.2) is 6.04 Å². The molecule has 16 heavy (non-hydrogen) atoms. The zero-order valence-electron chi connectivity index (χ0n) is 11.8. The lowest BCUT2D eigenvalue weighted by molar-refractivity contribution is 0.191. The maximum absolute atomic E-state index is 6.27. The summed E-state index contributed by atoms with van der Waals surface area (Å²) in [5.74, 6) is 1.76. The Morgan fingerprint density at radius 2 is 1.81 bits per heavy atom. The number of hydrogen-bond donors (Lipinski definition) is 1. The molecule has 1 nitrogen and oxygen atoms in total. The van der Waals surface area contributed by atoms with Crippen molar-refractivity contribution in [1.29, 1.82) is 0 Å². The summed E-state index contributed by atoms with van der Waals surface area (Å²) in [5.41, 5.74) is 6.74. The number of nitrogens with two attached hydrogens (primary N) is 1. The predicted octanol–water partition coefficient (Wildman–Crippen LogP) is 4.36. The molecule has 0 radical (unpaired) electrons. The Balaban J connectivity index is 2.37. The highest BCUT2D eigenvalue weighted by Crippen LogP contribution is 2.36. The lowest BCUT2D eigenvalue weighted by atomic mass is 9.73. The molecule has 0 aromatic heterocycles. The first-order valence-corrected chi connectivity index (χ1v) is 7.18. The molecular weight excluding hydrogens is 194 g/mol. The Labute approximate surface area is 102 Å². The highest BCUT2D eigenvalue weighted by atomic mass is 14.7. The summed E-state index contributed by atoms with van der Waals surface area (Å²) in [4.78, 5) is 0. The SMILES string of the molecule is CCCC1CCC(N)C(CCC(C)(C)C)C1. The van der Waals surface area contributed by atoms with E-state index in [1.54, 1.807) is 0 Å². The van der Waals surface area contributed by atoms with E-state index in [2.05, 4.69) is 27.7 Å². The van der Waals surface area contributed by atoms with Gasteiger partial charge in [0.2, 0.25) is 0 Å². The summed E-state index contributed by atoms with van der Waals surface area (Å²) in [6, 6.07) is 0.482. The Morgan fingerprint density at radius 1 is 1.12 bits per heavy atom. The summed E-state index contributed by atoms with van der Waals surface area (Å²) < 4.78 is 0. The quantitative estimate of drug-likeness (QED) is 0.756. The molecule has 0 heterocycles. The fourth-order valence-electron chi connectivity index (χ4n) is 3.01. The van der Waals surface area contributed by atoms with Crippen LogP contribution in [0.2, 0.25) is 0 Å². The van der Waals surface area contributed by atoms with E-state index in [0.717, 1.165) is 11.8 Å². The average molecular weight is 225 g/mol.